The average Bonchev–Trinajstić information content (AvgIpc) is 3.09. The van der Waals surface area contributed by atoms with Crippen LogP contribution in [0.2, 0.25) is 0 Å². The molecule has 2 aliphatic carbocycles. The van der Waals surface area contributed by atoms with Crippen LogP contribution in [0.3, 0.4) is 0 Å². The van der Waals surface area contributed by atoms with Crippen molar-refractivity contribution in [1.29, 1.82) is 0 Å². The highest BCUT2D eigenvalue weighted by Gasteiger charge is 2.43. The molecule has 2 nitrogen and oxygen atoms in total. The molecule has 0 radical (unpaired) electrons. The molecule has 2 aliphatic rings. The van der Waals surface area contributed by atoms with E-state index in [0.29, 0.717) is 12.0 Å². The van der Waals surface area contributed by atoms with E-state index in [-0.39, 0.29) is 5.92 Å². The van der Waals surface area contributed by atoms with Crippen LogP contribution in [-0.4, -0.2) is 9.78 Å². The zero-order valence-corrected chi connectivity index (χ0v) is 12.1. The van der Waals surface area contributed by atoms with E-state index in [4.69, 9.17) is 0 Å². The average molecular weight is 306 g/mol. The third-order valence-corrected chi connectivity index (χ3v) is 4.93. The molecule has 2 atom stereocenters. The van der Waals surface area contributed by atoms with E-state index in [9.17, 15) is 13.2 Å². The van der Waals surface area contributed by atoms with Gasteiger partial charge in [0.2, 0.25) is 0 Å². The first-order valence-electron chi connectivity index (χ1n) is 7.74. The molecule has 0 aliphatic heterocycles. The normalized spacial score (nSPS) is 25.0. The van der Waals surface area contributed by atoms with Gasteiger partial charge < -0.3 is 0 Å². The third kappa shape index (κ3) is 2.32. The van der Waals surface area contributed by atoms with Crippen molar-refractivity contribution >= 4 is 0 Å². The molecule has 1 aromatic carbocycles. The van der Waals surface area contributed by atoms with E-state index in [0.717, 1.165) is 30.9 Å². The number of hydrogen-bond acceptors (Lipinski definition) is 1. The predicted molar refractivity (Wildman–Crippen MR) is 76.7 cm³/mol. The smallest absolute Gasteiger partial charge is 0.266 e. The van der Waals surface area contributed by atoms with Crippen molar-refractivity contribution in [2.75, 3.05) is 0 Å². The maximum Gasteiger partial charge on any atom is 0.416 e. The van der Waals surface area contributed by atoms with Crippen LogP contribution in [0, 0.1) is 0 Å². The number of aromatic nitrogens is 2. The second kappa shape index (κ2) is 4.86. The van der Waals surface area contributed by atoms with Crippen molar-refractivity contribution in [1.82, 2.24) is 9.78 Å². The molecule has 0 bridgehead atoms. The lowest BCUT2D eigenvalue weighted by Gasteiger charge is -2.27. The van der Waals surface area contributed by atoms with Crippen molar-refractivity contribution in [3.05, 3.63) is 53.3 Å². The SMILES string of the molecule is FC(F)(F)c1cccc(C2CC2c2ccnn2C2CCC2)c1. The lowest BCUT2D eigenvalue weighted by atomic mass is 9.93. The molecule has 5 heteroatoms. The van der Waals surface area contributed by atoms with Crippen molar-refractivity contribution < 1.29 is 13.2 Å². The Kier molecular flexibility index (Phi) is 3.06. The highest BCUT2D eigenvalue weighted by Crippen LogP contribution is 2.55. The second-order valence-corrected chi connectivity index (χ2v) is 6.36. The van der Waals surface area contributed by atoms with Gasteiger partial charge in [-0.15, -0.1) is 0 Å². The van der Waals surface area contributed by atoms with Crippen LogP contribution in [0.15, 0.2) is 36.5 Å². The highest BCUT2D eigenvalue weighted by molar-refractivity contribution is 5.36. The van der Waals surface area contributed by atoms with Gasteiger partial charge in [0.05, 0.1) is 11.6 Å². The van der Waals surface area contributed by atoms with Gasteiger partial charge in [-0.25, -0.2) is 0 Å². The molecule has 22 heavy (non-hydrogen) atoms. The van der Waals surface area contributed by atoms with Crippen LogP contribution in [0.25, 0.3) is 0 Å². The molecular weight excluding hydrogens is 289 g/mol. The quantitative estimate of drug-likeness (QED) is 0.789. The van der Waals surface area contributed by atoms with Crippen LogP contribution in [-0.2, 0) is 6.18 Å². The maximum atomic E-state index is 12.8. The molecule has 2 fully saturated rings. The van der Waals surface area contributed by atoms with Gasteiger partial charge in [-0.3, -0.25) is 4.68 Å². The third-order valence-electron chi connectivity index (χ3n) is 4.93. The summed E-state index contributed by atoms with van der Waals surface area (Å²) in [5.41, 5.74) is 1.43. The van der Waals surface area contributed by atoms with Crippen LogP contribution in [0.5, 0.6) is 0 Å². The standard InChI is InChI=1S/C17H17F3N2/c18-17(19,20)12-4-1-3-11(9-12)14-10-15(14)16-7-8-21-22(16)13-5-2-6-13/h1,3-4,7-9,13-15H,2,5-6,10H2. The Bertz CT molecular complexity index is 685. The minimum absolute atomic E-state index is 0.192. The van der Waals surface area contributed by atoms with E-state index in [1.165, 1.54) is 24.2 Å². The van der Waals surface area contributed by atoms with Crippen molar-refractivity contribution in [3.8, 4) is 0 Å². The molecule has 116 valence electrons. The number of nitrogens with zero attached hydrogens (tertiary/aromatic N) is 2. The minimum Gasteiger partial charge on any atom is -0.266 e. The molecule has 0 N–H and O–H groups in total. The summed E-state index contributed by atoms with van der Waals surface area (Å²) >= 11 is 0. The molecule has 0 saturated heterocycles. The Labute approximate surface area is 127 Å². The van der Waals surface area contributed by atoms with Gasteiger partial charge in [-0.05, 0) is 49.3 Å². The zero-order valence-electron chi connectivity index (χ0n) is 12.1. The van der Waals surface area contributed by atoms with Crippen LogP contribution in [0.1, 0.15) is 60.4 Å². The zero-order chi connectivity index (χ0) is 15.3. The molecule has 4 rings (SSSR count). The summed E-state index contributed by atoms with van der Waals surface area (Å²) in [7, 11) is 0. The fraction of sp³-hybridized carbons (Fsp3) is 0.471. The summed E-state index contributed by atoms with van der Waals surface area (Å²) in [6.07, 6.45) is 2.03. The molecule has 0 spiro atoms. The summed E-state index contributed by atoms with van der Waals surface area (Å²) < 4.78 is 40.6. The number of hydrogen-bond donors (Lipinski definition) is 0. The lowest BCUT2D eigenvalue weighted by Crippen LogP contribution is -2.20. The molecule has 2 aromatic rings. The molecular formula is C17H17F3N2. The highest BCUT2D eigenvalue weighted by atomic mass is 19.4. The second-order valence-electron chi connectivity index (χ2n) is 6.36. The first-order valence-corrected chi connectivity index (χ1v) is 7.74. The fourth-order valence-electron chi connectivity index (χ4n) is 3.39. The first kappa shape index (κ1) is 13.9. The van der Waals surface area contributed by atoms with E-state index in [1.807, 2.05) is 18.3 Å². The maximum absolute atomic E-state index is 12.8. The summed E-state index contributed by atoms with van der Waals surface area (Å²) in [6.45, 7) is 0. The molecule has 0 amide bonds. The van der Waals surface area contributed by atoms with Crippen LogP contribution in [0.4, 0.5) is 13.2 Å². The number of alkyl halides is 3. The largest absolute Gasteiger partial charge is 0.416 e. The Balaban J connectivity index is 1.56. The minimum atomic E-state index is -4.27. The summed E-state index contributed by atoms with van der Waals surface area (Å²) in [4.78, 5) is 0. The van der Waals surface area contributed by atoms with Gasteiger partial charge in [0, 0.05) is 17.8 Å². The molecule has 2 saturated carbocycles. The van der Waals surface area contributed by atoms with E-state index in [1.54, 1.807) is 0 Å². The topological polar surface area (TPSA) is 17.8 Å². The van der Waals surface area contributed by atoms with Gasteiger partial charge in [0.1, 0.15) is 0 Å². The monoisotopic (exact) mass is 306 g/mol. The Morgan fingerprint density at radius 2 is 1.91 bits per heavy atom. The van der Waals surface area contributed by atoms with Crippen molar-refractivity contribution in [2.24, 2.45) is 0 Å². The van der Waals surface area contributed by atoms with Gasteiger partial charge >= 0.3 is 6.18 Å². The summed E-state index contributed by atoms with van der Waals surface area (Å²) in [5.74, 6) is 0.504. The fourth-order valence-corrected chi connectivity index (χ4v) is 3.39. The number of benzene rings is 1. The van der Waals surface area contributed by atoms with Gasteiger partial charge in [0.25, 0.3) is 0 Å². The predicted octanol–water partition coefficient (Wildman–Crippen LogP) is 4.90. The van der Waals surface area contributed by atoms with Crippen LogP contribution < -0.4 is 0 Å². The van der Waals surface area contributed by atoms with Gasteiger partial charge in [-0.2, -0.15) is 18.3 Å². The Morgan fingerprint density at radius 3 is 2.59 bits per heavy atom. The summed E-state index contributed by atoms with van der Waals surface area (Å²) in [5, 5.41) is 4.42. The number of halogens is 3. The Morgan fingerprint density at radius 1 is 1.09 bits per heavy atom. The Hall–Kier alpha value is -1.78. The lowest BCUT2D eigenvalue weighted by molar-refractivity contribution is -0.137. The van der Waals surface area contributed by atoms with E-state index < -0.39 is 11.7 Å². The number of rotatable bonds is 3. The molecule has 2 unspecified atom stereocenters. The van der Waals surface area contributed by atoms with Crippen molar-refractivity contribution in [2.45, 2.75) is 49.7 Å². The van der Waals surface area contributed by atoms with Gasteiger partial charge in [-0.1, -0.05) is 18.2 Å². The van der Waals surface area contributed by atoms with E-state index in [2.05, 4.69) is 9.78 Å². The van der Waals surface area contributed by atoms with Gasteiger partial charge in [0.15, 0.2) is 0 Å². The molecule has 1 aromatic heterocycles. The summed E-state index contributed by atoms with van der Waals surface area (Å²) in [6, 6.07) is 8.28. The first-order chi connectivity index (χ1) is 10.5. The van der Waals surface area contributed by atoms with Crippen molar-refractivity contribution in [3.63, 3.8) is 0 Å². The van der Waals surface area contributed by atoms with E-state index >= 15 is 0 Å². The molecule has 1 heterocycles. The van der Waals surface area contributed by atoms with Crippen LogP contribution >= 0.6 is 0 Å².